The maximum atomic E-state index is 10.2. The molecule has 2 nitrogen and oxygen atoms in total. The van der Waals surface area contributed by atoms with Crippen molar-refractivity contribution in [2.45, 2.75) is 43.5 Å². The van der Waals surface area contributed by atoms with Crippen LogP contribution in [0.2, 0.25) is 0 Å². The number of rotatable bonds is 2. The molecule has 0 spiro atoms. The van der Waals surface area contributed by atoms with Gasteiger partial charge < -0.3 is 9.84 Å². The van der Waals surface area contributed by atoms with E-state index in [9.17, 15) is 5.11 Å². The van der Waals surface area contributed by atoms with Gasteiger partial charge in [0.05, 0.1) is 12.7 Å². The minimum Gasteiger partial charge on any atom is -0.392 e. The molecule has 14 heavy (non-hydrogen) atoms. The third-order valence-corrected chi connectivity index (χ3v) is 4.74. The molecule has 3 heteroatoms. The van der Waals surface area contributed by atoms with Gasteiger partial charge in [-0.15, -0.1) is 0 Å². The van der Waals surface area contributed by atoms with Gasteiger partial charge in [-0.1, -0.05) is 6.42 Å². The molecule has 2 rings (SSSR count). The Hall–Kier alpha value is 0.270. The van der Waals surface area contributed by atoms with E-state index in [1.165, 1.54) is 25.0 Å². The van der Waals surface area contributed by atoms with Crippen molar-refractivity contribution in [1.82, 2.24) is 0 Å². The molecule has 2 saturated heterocycles. The van der Waals surface area contributed by atoms with Gasteiger partial charge in [0.25, 0.3) is 0 Å². The van der Waals surface area contributed by atoms with Gasteiger partial charge in [-0.3, -0.25) is 0 Å². The van der Waals surface area contributed by atoms with E-state index in [0.717, 1.165) is 26.1 Å². The van der Waals surface area contributed by atoms with Crippen molar-refractivity contribution in [3.05, 3.63) is 0 Å². The van der Waals surface area contributed by atoms with Crippen LogP contribution in [0.5, 0.6) is 0 Å². The maximum absolute atomic E-state index is 10.2. The summed E-state index contributed by atoms with van der Waals surface area (Å²) in [5.41, 5.74) is 0. The highest BCUT2D eigenvalue weighted by Gasteiger charge is 2.30. The highest BCUT2D eigenvalue weighted by atomic mass is 32.2. The fourth-order valence-corrected chi connectivity index (χ4v) is 3.80. The summed E-state index contributed by atoms with van der Waals surface area (Å²) in [6, 6.07) is 0. The second-order valence-corrected chi connectivity index (χ2v) is 5.72. The number of hydrogen-bond acceptors (Lipinski definition) is 3. The zero-order chi connectivity index (χ0) is 9.80. The van der Waals surface area contributed by atoms with Crippen LogP contribution in [0, 0.1) is 5.92 Å². The molecule has 2 aliphatic heterocycles. The SMILES string of the molecule is OC(C1CCCOC1)C1CCCCS1. The predicted molar refractivity (Wildman–Crippen MR) is 59.6 cm³/mol. The summed E-state index contributed by atoms with van der Waals surface area (Å²) in [6.07, 6.45) is 5.97. The average molecular weight is 216 g/mol. The van der Waals surface area contributed by atoms with Crippen LogP contribution in [0.4, 0.5) is 0 Å². The van der Waals surface area contributed by atoms with E-state index in [-0.39, 0.29) is 6.10 Å². The molecule has 0 aromatic heterocycles. The molecule has 2 aliphatic rings. The Bertz CT molecular complexity index is 145. The second-order valence-electron chi connectivity index (χ2n) is 4.37. The Morgan fingerprint density at radius 1 is 1.21 bits per heavy atom. The molecule has 0 amide bonds. The highest BCUT2D eigenvalue weighted by molar-refractivity contribution is 8.00. The molecule has 1 N–H and O–H groups in total. The number of aliphatic hydroxyl groups excluding tert-OH is 1. The normalized spacial score (nSPS) is 36.6. The summed E-state index contributed by atoms with van der Waals surface area (Å²) >= 11 is 1.96. The van der Waals surface area contributed by atoms with Crippen LogP contribution in [-0.2, 0) is 4.74 Å². The Labute approximate surface area is 90.4 Å². The molecule has 82 valence electrons. The van der Waals surface area contributed by atoms with Crippen LogP contribution in [0.1, 0.15) is 32.1 Å². The lowest BCUT2D eigenvalue weighted by molar-refractivity contribution is -0.0105. The van der Waals surface area contributed by atoms with Crippen LogP contribution < -0.4 is 0 Å². The number of ether oxygens (including phenoxy) is 1. The molecule has 3 atom stereocenters. The molecule has 0 aromatic carbocycles. The van der Waals surface area contributed by atoms with E-state index in [0.29, 0.717) is 11.2 Å². The van der Waals surface area contributed by atoms with Gasteiger partial charge in [0.2, 0.25) is 0 Å². The summed E-state index contributed by atoms with van der Waals surface area (Å²) in [4.78, 5) is 0. The predicted octanol–water partition coefficient (Wildman–Crippen LogP) is 2.06. The Morgan fingerprint density at radius 2 is 2.14 bits per heavy atom. The van der Waals surface area contributed by atoms with Gasteiger partial charge in [-0.25, -0.2) is 0 Å². The first-order valence-corrected chi connectivity index (χ1v) is 6.80. The minimum absolute atomic E-state index is 0.124. The van der Waals surface area contributed by atoms with E-state index in [1.807, 2.05) is 11.8 Å². The summed E-state index contributed by atoms with van der Waals surface area (Å²) < 4.78 is 5.42. The first-order chi connectivity index (χ1) is 6.88. The van der Waals surface area contributed by atoms with Crippen LogP contribution in [0.3, 0.4) is 0 Å². The van der Waals surface area contributed by atoms with Crippen molar-refractivity contribution < 1.29 is 9.84 Å². The van der Waals surface area contributed by atoms with E-state index < -0.39 is 0 Å². The van der Waals surface area contributed by atoms with Gasteiger partial charge >= 0.3 is 0 Å². The van der Waals surface area contributed by atoms with Crippen LogP contribution in [-0.4, -0.2) is 35.4 Å². The molecular weight excluding hydrogens is 196 g/mol. The van der Waals surface area contributed by atoms with Crippen molar-refractivity contribution in [3.8, 4) is 0 Å². The highest BCUT2D eigenvalue weighted by Crippen LogP contribution is 2.32. The molecule has 3 unspecified atom stereocenters. The fraction of sp³-hybridized carbons (Fsp3) is 1.00. The molecule has 0 bridgehead atoms. The van der Waals surface area contributed by atoms with Crippen molar-refractivity contribution in [3.63, 3.8) is 0 Å². The van der Waals surface area contributed by atoms with Crippen molar-refractivity contribution >= 4 is 11.8 Å². The number of hydrogen-bond donors (Lipinski definition) is 1. The van der Waals surface area contributed by atoms with Crippen LogP contribution in [0.25, 0.3) is 0 Å². The smallest absolute Gasteiger partial charge is 0.0708 e. The standard InChI is InChI=1S/C11H20O2S/c12-11(9-4-3-6-13-8-9)10-5-1-2-7-14-10/h9-12H,1-8H2. The summed E-state index contributed by atoms with van der Waals surface area (Å²) in [5, 5.41) is 10.7. The van der Waals surface area contributed by atoms with Crippen molar-refractivity contribution in [2.75, 3.05) is 19.0 Å². The van der Waals surface area contributed by atoms with Gasteiger partial charge in [-0.2, -0.15) is 11.8 Å². The second kappa shape index (κ2) is 5.38. The molecule has 0 radical (unpaired) electrons. The molecular formula is C11H20O2S. The topological polar surface area (TPSA) is 29.5 Å². The first kappa shape index (κ1) is 10.8. The van der Waals surface area contributed by atoms with Crippen LogP contribution >= 0.6 is 11.8 Å². The summed E-state index contributed by atoms with van der Waals surface area (Å²) in [5.74, 6) is 1.63. The van der Waals surface area contributed by atoms with E-state index in [1.54, 1.807) is 0 Å². The van der Waals surface area contributed by atoms with E-state index in [4.69, 9.17) is 4.74 Å². The third-order valence-electron chi connectivity index (χ3n) is 3.27. The van der Waals surface area contributed by atoms with Crippen LogP contribution in [0.15, 0.2) is 0 Å². The minimum atomic E-state index is -0.124. The molecule has 0 aliphatic carbocycles. The van der Waals surface area contributed by atoms with Crippen molar-refractivity contribution in [2.24, 2.45) is 5.92 Å². The zero-order valence-corrected chi connectivity index (χ0v) is 9.47. The molecule has 0 saturated carbocycles. The molecule has 0 aromatic rings. The largest absolute Gasteiger partial charge is 0.392 e. The third kappa shape index (κ3) is 2.65. The first-order valence-electron chi connectivity index (χ1n) is 5.75. The Kier molecular flexibility index (Phi) is 4.14. The number of thioether (sulfide) groups is 1. The van der Waals surface area contributed by atoms with Gasteiger partial charge in [-0.05, 0) is 31.4 Å². The van der Waals surface area contributed by atoms with E-state index in [2.05, 4.69) is 0 Å². The lowest BCUT2D eigenvalue weighted by Gasteiger charge is -2.33. The summed E-state index contributed by atoms with van der Waals surface area (Å²) in [7, 11) is 0. The zero-order valence-electron chi connectivity index (χ0n) is 8.65. The lowest BCUT2D eigenvalue weighted by atomic mass is 9.92. The van der Waals surface area contributed by atoms with Gasteiger partial charge in [0.15, 0.2) is 0 Å². The van der Waals surface area contributed by atoms with Crippen molar-refractivity contribution in [1.29, 1.82) is 0 Å². The van der Waals surface area contributed by atoms with Gasteiger partial charge in [0.1, 0.15) is 0 Å². The summed E-state index contributed by atoms with van der Waals surface area (Å²) in [6.45, 7) is 1.67. The Morgan fingerprint density at radius 3 is 2.79 bits per heavy atom. The quantitative estimate of drug-likeness (QED) is 0.766. The number of aliphatic hydroxyl groups is 1. The fourth-order valence-electron chi connectivity index (χ4n) is 2.37. The van der Waals surface area contributed by atoms with E-state index >= 15 is 0 Å². The molecule has 2 heterocycles. The Balaban J connectivity index is 1.82. The maximum Gasteiger partial charge on any atom is 0.0708 e. The van der Waals surface area contributed by atoms with Gasteiger partial charge in [0, 0.05) is 17.8 Å². The lowest BCUT2D eigenvalue weighted by Crippen LogP contribution is -2.37. The monoisotopic (exact) mass is 216 g/mol. The molecule has 2 fully saturated rings. The average Bonchev–Trinajstić information content (AvgIpc) is 2.30.